The fourth-order valence-electron chi connectivity index (χ4n) is 2.30. The molecule has 4 heteroatoms. The molecular formula is C11H18N2O2. The van der Waals surface area contributed by atoms with E-state index in [1.54, 1.807) is 0 Å². The molecular weight excluding hydrogens is 192 g/mol. The van der Waals surface area contributed by atoms with E-state index in [1.165, 1.54) is 4.90 Å². The van der Waals surface area contributed by atoms with E-state index in [0.29, 0.717) is 13.0 Å². The predicted octanol–water partition coefficient (Wildman–Crippen LogP) is 0.668. The summed E-state index contributed by atoms with van der Waals surface area (Å²) in [6.07, 6.45) is 5.41. The Balaban J connectivity index is 2.00. The number of nitrogens with zero attached hydrogens (tertiary/aromatic N) is 1. The van der Waals surface area contributed by atoms with Gasteiger partial charge < -0.3 is 5.32 Å². The van der Waals surface area contributed by atoms with Crippen LogP contribution in [0.5, 0.6) is 0 Å². The second-order valence-electron chi connectivity index (χ2n) is 4.34. The van der Waals surface area contributed by atoms with Crippen LogP contribution in [0.2, 0.25) is 0 Å². The largest absolute Gasteiger partial charge is 0.306 e. The Hall–Kier alpha value is -0.900. The van der Waals surface area contributed by atoms with E-state index >= 15 is 0 Å². The minimum Gasteiger partial charge on any atom is -0.306 e. The van der Waals surface area contributed by atoms with E-state index in [2.05, 4.69) is 5.32 Å². The van der Waals surface area contributed by atoms with Crippen molar-refractivity contribution in [1.29, 1.82) is 0 Å². The van der Waals surface area contributed by atoms with Gasteiger partial charge in [0.15, 0.2) is 0 Å². The van der Waals surface area contributed by atoms with Gasteiger partial charge in [-0.3, -0.25) is 14.5 Å². The average Bonchev–Trinajstić information content (AvgIpc) is 2.68. The fourth-order valence-corrected chi connectivity index (χ4v) is 2.30. The van der Waals surface area contributed by atoms with E-state index in [9.17, 15) is 9.59 Å². The molecule has 2 saturated heterocycles. The first-order valence-electron chi connectivity index (χ1n) is 5.86. The molecule has 15 heavy (non-hydrogen) atoms. The number of likely N-dealkylation sites (tertiary alicyclic amines) is 1. The van der Waals surface area contributed by atoms with Crippen molar-refractivity contribution < 1.29 is 9.59 Å². The molecule has 2 fully saturated rings. The SMILES string of the molecule is O=C1CCCCCN1C(=O)[C@@H]1CCCN1. The topological polar surface area (TPSA) is 49.4 Å². The molecule has 4 nitrogen and oxygen atoms in total. The number of hydrogen-bond acceptors (Lipinski definition) is 3. The Labute approximate surface area is 90.0 Å². The van der Waals surface area contributed by atoms with Crippen LogP contribution in [0.4, 0.5) is 0 Å². The molecule has 84 valence electrons. The summed E-state index contributed by atoms with van der Waals surface area (Å²) < 4.78 is 0. The highest BCUT2D eigenvalue weighted by molar-refractivity contribution is 5.98. The molecule has 0 radical (unpaired) electrons. The number of imide groups is 1. The average molecular weight is 210 g/mol. The van der Waals surface area contributed by atoms with Crippen LogP contribution in [-0.4, -0.2) is 35.8 Å². The molecule has 0 aromatic heterocycles. The van der Waals surface area contributed by atoms with Crippen molar-refractivity contribution in [3.8, 4) is 0 Å². The van der Waals surface area contributed by atoms with Crippen LogP contribution in [0.15, 0.2) is 0 Å². The maximum Gasteiger partial charge on any atom is 0.246 e. The Morgan fingerprint density at radius 1 is 1.27 bits per heavy atom. The summed E-state index contributed by atoms with van der Waals surface area (Å²) in [5.41, 5.74) is 0. The Bertz CT molecular complexity index is 259. The molecule has 1 N–H and O–H groups in total. The first-order valence-corrected chi connectivity index (χ1v) is 5.86. The zero-order chi connectivity index (χ0) is 10.7. The summed E-state index contributed by atoms with van der Waals surface area (Å²) in [7, 11) is 0. The van der Waals surface area contributed by atoms with Crippen LogP contribution >= 0.6 is 0 Å². The third kappa shape index (κ3) is 2.37. The minimum atomic E-state index is -0.105. The molecule has 2 heterocycles. The predicted molar refractivity (Wildman–Crippen MR) is 56.2 cm³/mol. The molecule has 0 aliphatic carbocycles. The quantitative estimate of drug-likeness (QED) is 0.647. The van der Waals surface area contributed by atoms with Gasteiger partial charge in [-0.2, -0.15) is 0 Å². The van der Waals surface area contributed by atoms with E-state index in [-0.39, 0.29) is 17.9 Å². The highest BCUT2D eigenvalue weighted by Gasteiger charge is 2.30. The second-order valence-corrected chi connectivity index (χ2v) is 4.34. The van der Waals surface area contributed by atoms with Crippen molar-refractivity contribution in [3.05, 3.63) is 0 Å². The number of carbonyl (C=O) groups excluding carboxylic acids is 2. The first-order chi connectivity index (χ1) is 7.29. The van der Waals surface area contributed by atoms with Gasteiger partial charge in [0.05, 0.1) is 6.04 Å². The van der Waals surface area contributed by atoms with Crippen molar-refractivity contribution in [2.45, 2.75) is 44.6 Å². The summed E-state index contributed by atoms with van der Waals surface area (Å²) >= 11 is 0. The maximum absolute atomic E-state index is 12.0. The number of rotatable bonds is 1. The van der Waals surface area contributed by atoms with Gasteiger partial charge in [0.2, 0.25) is 11.8 Å². The Kier molecular flexibility index (Phi) is 3.36. The minimum absolute atomic E-state index is 0.000556. The molecule has 0 bridgehead atoms. The summed E-state index contributed by atoms with van der Waals surface area (Å²) in [6.45, 7) is 1.52. The number of hydrogen-bond donors (Lipinski definition) is 1. The lowest BCUT2D eigenvalue weighted by Gasteiger charge is -2.22. The van der Waals surface area contributed by atoms with Crippen LogP contribution in [0.3, 0.4) is 0 Å². The van der Waals surface area contributed by atoms with Gasteiger partial charge >= 0.3 is 0 Å². The van der Waals surface area contributed by atoms with Crippen LogP contribution < -0.4 is 5.32 Å². The van der Waals surface area contributed by atoms with E-state index in [4.69, 9.17) is 0 Å². The van der Waals surface area contributed by atoms with Crippen molar-refractivity contribution in [1.82, 2.24) is 10.2 Å². The summed E-state index contributed by atoms with van der Waals surface area (Å²) in [4.78, 5) is 25.2. The normalized spacial score (nSPS) is 27.9. The van der Waals surface area contributed by atoms with E-state index < -0.39 is 0 Å². The fraction of sp³-hybridized carbons (Fsp3) is 0.818. The Morgan fingerprint density at radius 3 is 2.87 bits per heavy atom. The van der Waals surface area contributed by atoms with Gasteiger partial charge in [-0.05, 0) is 32.2 Å². The lowest BCUT2D eigenvalue weighted by atomic mass is 10.2. The first kappa shape index (κ1) is 10.6. The summed E-state index contributed by atoms with van der Waals surface area (Å²) in [5, 5.41) is 3.15. The highest BCUT2D eigenvalue weighted by atomic mass is 16.2. The van der Waals surface area contributed by atoms with Crippen LogP contribution in [0.25, 0.3) is 0 Å². The van der Waals surface area contributed by atoms with Crippen molar-refractivity contribution in [2.75, 3.05) is 13.1 Å². The highest BCUT2D eigenvalue weighted by Crippen LogP contribution is 2.15. The Morgan fingerprint density at radius 2 is 2.13 bits per heavy atom. The van der Waals surface area contributed by atoms with Gasteiger partial charge in [0.25, 0.3) is 0 Å². The van der Waals surface area contributed by atoms with Crippen molar-refractivity contribution in [3.63, 3.8) is 0 Å². The van der Waals surface area contributed by atoms with Crippen molar-refractivity contribution >= 4 is 11.8 Å². The molecule has 2 aliphatic rings. The zero-order valence-corrected chi connectivity index (χ0v) is 9.00. The molecule has 2 amide bonds. The van der Waals surface area contributed by atoms with Gasteiger partial charge in [0.1, 0.15) is 0 Å². The number of carbonyl (C=O) groups is 2. The molecule has 0 unspecified atom stereocenters. The molecule has 2 rings (SSSR count). The van der Waals surface area contributed by atoms with Crippen molar-refractivity contribution in [2.24, 2.45) is 0 Å². The lowest BCUT2D eigenvalue weighted by Crippen LogP contribution is -2.46. The standard InChI is InChI=1S/C11H18N2O2/c14-10-6-2-1-3-8-13(10)11(15)9-5-4-7-12-9/h9,12H,1-8H2/t9-/m0/s1. The molecule has 0 aromatic rings. The molecule has 0 saturated carbocycles. The number of amides is 2. The molecule has 2 aliphatic heterocycles. The zero-order valence-electron chi connectivity index (χ0n) is 9.00. The van der Waals surface area contributed by atoms with Gasteiger partial charge in [0, 0.05) is 13.0 Å². The third-order valence-corrected chi connectivity index (χ3v) is 3.20. The monoisotopic (exact) mass is 210 g/mol. The smallest absolute Gasteiger partial charge is 0.246 e. The summed E-state index contributed by atoms with van der Waals surface area (Å²) in [5.74, 6) is 0.0191. The van der Waals surface area contributed by atoms with Crippen LogP contribution in [0.1, 0.15) is 38.5 Å². The third-order valence-electron chi connectivity index (χ3n) is 3.20. The molecule has 1 atom stereocenters. The maximum atomic E-state index is 12.0. The van der Waals surface area contributed by atoms with Crippen LogP contribution in [0, 0.1) is 0 Å². The van der Waals surface area contributed by atoms with Gasteiger partial charge in [-0.15, -0.1) is 0 Å². The molecule has 0 aromatic carbocycles. The lowest BCUT2D eigenvalue weighted by molar-refractivity contribution is -0.145. The van der Waals surface area contributed by atoms with Crippen LogP contribution in [-0.2, 0) is 9.59 Å². The second kappa shape index (κ2) is 4.75. The number of nitrogens with one attached hydrogen (secondary N) is 1. The van der Waals surface area contributed by atoms with E-state index in [0.717, 1.165) is 38.6 Å². The van der Waals surface area contributed by atoms with E-state index in [1.807, 2.05) is 0 Å². The summed E-state index contributed by atoms with van der Waals surface area (Å²) in [6, 6.07) is -0.105. The van der Waals surface area contributed by atoms with Gasteiger partial charge in [-0.25, -0.2) is 0 Å². The molecule has 0 spiro atoms. The van der Waals surface area contributed by atoms with Gasteiger partial charge in [-0.1, -0.05) is 6.42 Å².